The van der Waals surface area contributed by atoms with Crippen molar-refractivity contribution in [1.29, 1.82) is 0 Å². The monoisotopic (exact) mass is 135 g/mol. The molecule has 50 valence electrons. The van der Waals surface area contributed by atoms with Crippen LogP contribution in [0.1, 0.15) is 25.7 Å². The standard InChI is InChI=1S/C6H13N.ClH/c1-7-6-4-2-3-5-6;/h6-7H,2-5H2,1H3;1H. The first-order valence-corrected chi connectivity index (χ1v) is 3.11. The number of halogens is 1. The van der Waals surface area contributed by atoms with E-state index in [1.165, 1.54) is 25.7 Å². The molecule has 0 spiro atoms. The van der Waals surface area contributed by atoms with Gasteiger partial charge in [0.05, 0.1) is 0 Å². The van der Waals surface area contributed by atoms with Crippen LogP contribution in [0.3, 0.4) is 0 Å². The van der Waals surface area contributed by atoms with Crippen LogP contribution in [0.15, 0.2) is 0 Å². The minimum atomic E-state index is 0. The molecule has 0 aromatic carbocycles. The van der Waals surface area contributed by atoms with E-state index in [4.69, 9.17) is 0 Å². The lowest BCUT2D eigenvalue weighted by Crippen LogP contribution is -2.20. The SMILES string of the molecule is CNC1CCCC1.Cl. The molecule has 8 heavy (non-hydrogen) atoms. The lowest BCUT2D eigenvalue weighted by molar-refractivity contribution is 0.582. The number of nitrogens with one attached hydrogen (secondary N) is 1. The molecule has 1 nitrogen and oxygen atoms in total. The summed E-state index contributed by atoms with van der Waals surface area (Å²) in [5, 5.41) is 3.26. The fourth-order valence-electron chi connectivity index (χ4n) is 1.21. The summed E-state index contributed by atoms with van der Waals surface area (Å²) in [5.41, 5.74) is 0. The predicted octanol–water partition coefficient (Wildman–Crippen LogP) is 1.57. The Balaban J connectivity index is 0.000000490. The fourth-order valence-corrected chi connectivity index (χ4v) is 1.21. The molecular formula is C6H14ClN. The summed E-state index contributed by atoms with van der Waals surface area (Å²) < 4.78 is 0. The van der Waals surface area contributed by atoms with E-state index in [0.29, 0.717) is 0 Å². The molecule has 1 rings (SSSR count). The van der Waals surface area contributed by atoms with E-state index >= 15 is 0 Å². The van der Waals surface area contributed by atoms with E-state index in [1.807, 2.05) is 0 Å². The molecule has 0 saturated heterocycles. The highest BCUT2D eigenvalue weighted by Gasteiger charge is 2.10. The Morgan fingerprint density at radius 3 is 2.00 bits per heavy atom. The molecule has 0 bridgehead atoms. The van der Waals surface area contributed by atoms with Crippen LogP contribution < -0.4 is 5.32 Å². The summed E-state index contributed by atoms with van der Waals surface area (Å²) in [6, 6.07) is 0.847. The summed E-state index contributed by atoms with van der Waals surface area (Å²) in [6.45, 7) is 0. The molecule has 1 aliphatic rings. The number of hydrogen-bond acceptors (Lipinski definition) is 1. The predicted molar refractivity (Wildman–Crippen MR) is 38.6 cm³/mol. The van der Waals surface area contributed by atoms with Gasteiger partial charge < -0.3 is 5.32 Å². The minimum absolute atomic E-state index is 0. The van der Waals surface area contributed by atoms with Gasteiger partial charge in [0, 0.05) is 6.04 Å². The maximum Gasteiger partial charge on any atom is 0.00640 e. The Labute approximate surface area is 57.3 Å². The van der Waals surface area contributed by atoms with Crippen LogP contribution in [0.5, 0.6) is 0 Å². The summed E-state index contributed by atoms with van der Waals surface area (Å²) in [7, 11) is 2.05. The molecule has 1 saturated carbocycles. The third kappa shape index (κ3) is 2.01. The third-order valence-corrected chi connectivity index (χ3v) is 1.76. The van der Waals surface area contributed by atoms with Gasteiger partial charge in [0.15, 0.2) is 0 Å². The Morgan fingerprint density at radius 1 is 1.25 bits per heavy atom. The zero-order valence-electron chi connectivity index (χ0n) is 5.31. The molecule has 0 amide bonds. The topological polar surface area (TPSA) is 12.0 Å². The molecule has 0 heterocycles. The molecule has 0 unspecified atom stereocenters. The second-order valence-corrected chi connectivity index (χ2v) is 2.27. The molecule has 2 heteroatoms. The number of rotatable bonds is 1. The van der Waals surface area contributed by atoms with Crippen LogP contribution in [0.2, 0.25) is 0 Å². The van der Waals surface area contributed by atoms with E-state index in [-0.39, 0.29) is 12.4 Å². The first-order chi connectivity index (χ1) is 3.43. The normalized spacial score (nSPS) is 20.6. The molecule has 0 aromatic rings. The summed E-state index contributed by atoms with van der Waals surface area (Å²) >= 11 is 0. The van der Waals surface area contributed by atoms with Crippen LogP contribution in [-0.2, 0) is 0 Å². The van der Waals surface area contributed by atoms with E-state index in [0.717, 1.165) is 6.04 Å². The lowest BCUT2D eigenvalue weighted by Gasteiger charge is -2.03. The van der Waals surface area contributed by atoms with Crippen molar-refractivity contribution < 1.29 is 0 Å². The molecule has 0 aliphatic heterocycles. The fraction of sp³-hybridized carbons (Fsp3) is 1.00. The largest absolute Gasteiger partial charge is 0.317 e. The second-order valence-electron chi connectivity index (χ2n) is 2.27. The minimum Gasteiger partial charge on any atom is -0.317 e. The molecule has 1 N–H and O–H groups in total. The highest BCUT2D eigenvalue weighted by Crippen LogP contribution is 2.16. The highest BCUT2D eigenvalue weighted by atomic mass is 35.5. The van der Waals surface area contributed by atoms with Crippen molar-refractivity contribution >= 4 is 12.4 Å². The molecule has 0 aromatic heterocycles. The van der Waals surface area contributed by atoms with Gasteiger partial charge >= 0.3 is 0 Å². The average molecular weight is 136 g/mol. The maximum absolute atomic E-state index is 3.26. The van der Waals surface area contributed by atoms with Gasteiger partial charge in [-0.15, -0.1) is 12.4 Å². The summed E-state index contributed by atoms with van der Waals surface area (Å²) in [5.74, 6) is 0. The second kappa shape index (κ2) is 4.16. The third-order valence-electron chi connectivity index (χ3n) is 1.76. The average Bonchev–Trinajstić information content (AvgIpc) is 2.14. The zero-order chi connectivity index (χ0) is 5.11. The van der Waals surface area contributed by atoms with Crippen molar-refractivity contribution in [2.75, 3.05) is 7.05 Å². The zero-order valence-corrected chi connectivity index (χ0v) is 6.13. The summed E-state index contributed by atoms with van der Waals surface area (Å²) in [6.07, 6.45) is 5.67. The van der Waals surface area contributed by atoms with E-state index < -0.39 is 0 Å². The van der Waals surface area contributed by atoms with Gasteiger partial charge in [-0.25, -0.2) is 0 Å². The Bertz CT molecular complexity index is 50.5. The quantitative estimate of drug-likeness (QED) is 0.576. The van der Waals surface area contributed by atoms with Crippen LogP contribution in [0, 0.1) is 0 Å². The molecule has 0 radical (unpaired) electrons. The molecule has 1 fully saturated rings. The van der Waals surface area contributed by atoms with Crippen molar-refractivity contribution in [3.05, 3.63) is 0 Å². The molecule has 0 atom stereocenters. The van der Waals surface area contributed by atoms with Gasteiger partial charge in [-0.1, -0.05) is 12.8 Å². The van der Waals surface area contributed by atoms with Gasteiger partial charge in [-0.3, -0.25) is 0 Å². The van der Waals surface area contributed by atoms with Gasteiger partial charge in [0.2, 0.25) is 0 Å². The van der Waals surface area contributed by atoms with Gasteiger partial charge in [0.25, 0.3) is 0 Å². The van der Waals surface area contributed by atoms with Crippen LogP contribution in [0.4, 0.5) is 0 Å². The van der Waals surface area contributed by atoms with E-state index in [9.17, 15) is 0 Å². The Hall–Kier alpha value is 0.250. The van der Waals surface area contributed by atoms with E-state index in [1.54, 1.807) is 0 Å². The van der Waals surface area contributed by atoms with Crippen molar-refractivity contribution in [1.82, 2.24) is 5.32 Å². The van der Waals surface area contributed by atoms with Crippen molar-refractivity contribution in [2.45, 2.75) is 31.7 Å². The Morgan fingerprint density at radius 2 is 1.75 bits per heavy atom. The highest BCUT2D eigenvalue weighted by molar-refractivity contribution is 5.85. The van der Waals surface area contributed by atoms with Gasteiger partial charge in [-0.05, 0) is 19.9 Å². The lowest BCUT2D eigenvalue weighted by atomic mass is 10.3. The first kappa shape index (κ1) is 8.25. The van der Waals surface area contributed by atoms with E-state index in [2.05, 4.69) is 12.4 Å². The van der Waals surface area contributed by atoms with Crippen molar-refractivity contribution in [3.63, 3.8) is 0 Å². The summed E-state index contributed by atoms with van der Waals surface area (Å²) in [4.78, 5) is 0. The van der Waals surface area contributed by atoms with Gasteiger partial charge in [0.1, 0.15) is 0 Å². The van der Waals surface area contributed by atoms with Crippen molar-refractivity contribution in [3.8, 4) is 0 Å². The smallest absolute Gasteiger partial charge is 0.00640 e. The van der Waals surface area contributed by atoms with Gasteiger partial charge in [-0.2, -0.15) is 0 Å². The van der Waals surface area contributed by atoms with Crippen LogP contribution in [0.25, 0.3) is 0 Å². The van der Waals surface area contributed by atoms with Crippen molar-refractivity contribution in [2.24, 2.45) is 0 Å². The molecule has 1 aliphatic carbocycles. The van der Waals surface area contributed by atoms with Crippen LogP contribution >= 0.6 is 12.4 Å². The Kier molecular flexibility index (Phi) is 4.29. The maximum atomic E-state index is 3.26. The number of hydrogen-bond donors (Lipinski definition) is 1. The molecular weight excluding hydrogens is 122 g/mol. The first-order valence-electron chi connectivity index (χ1n) is 3.11. The van der Waals surface area contributed by atoms with Crippen LogP contribution in [-0.4, -0.2) is 13.1 Å².